The predicted molar refractivity (Wildman–Crippen MR) is 45.1 cm³/mol. The predicted octanol–water partition coefficient (Wildman–Crippen LogP) is -0.161. The van der Waals surface area contributed by atoms with Crippen molar-refractivity contribution in [1.29, 1.82) is 0 Å². The van der Waals surface area contributed by atoms with Gasteiger partial charge in [-0.15, -0.1) is 13.2 Å². The number of rotatable bonds is 7. The lowest BCUT2D eigenvalue weighted by molar-refractivity contribution is -0.264. The number of hydrogen-bond donors (Lipinski definition) is 1. The van der Waals surface area contributed by atoms with Gasteiger partial charge in [-0.25, -0.2) is 10.9 Å². The second-order valence-electron chi connectivity index (χ2n) is 1.90. The summed E-state index contributed by atoms with van der Waals surface area (Å²) in [5, 5.41) is 1.97. The van der Waals surface area contributed by atoms with Crippen molar-refractivity contribution in [3.05, 3.63) is 25.3 Å². The standard InChI is InChI=1S/C7H13N3O2/c1-3-5-9(7-11)10(8)12-6-4-2/h3-4,7H,1-2,5-6,8H2. The highest BCUT2D eigenvalue weighted by atomic mass is 16.7. The number of carbonyl (C=O) groups is 1. The molecule has 0 aromatic rings. The quantitative estimate of drug-likeness (QED) is 0.250. The first-order chi connectivity index (χ1) is 5.76. The van der Waals surface area contributed by atoms with Crippen molar-refractivity contribution in [2.24, 2.45) is 5.84 Å². The van der Waals surface area contributed by atoms with E-state index in [1.54, 1.807) is 0 Å². The van der Waals surface area contributed by atoms with Crippen LogP contribution >= 0.6 is 0 Å². The van der Waals surface area contributed by atoms with Crippen LogP contribution < -0.4 is 5.84 Å². The largest absolute Gasteiger partial charge is 0.277 e. The van der Waals surface area contributed by atoms with Crippen LogP contribution in [-0.4, -0.2) is 29.9 Å². The Bertz CT molecular complexity index is 161. The van der Waals surface area contributed by atoms with Crippen molar-refractivity contribution >= 4 is 6.41 Å². The van der Waals surface area contributed by atoms with Crippen LogP contribution in [0.2, 0.25) is 0 Å². The molecule has 0 aromatic heterocycles. The van der Waals surface area contributed by atoms with Gasteiger partial charge in [-0.05, 0) is 5.28 Å². The van der Waals surface area contributed by atoms with E-state index in [4.69, 9.17) is 10.7 Å². The molecule has 68 valence electrons. The Morgan fingerprint density at radius 1 is 1.42 bits per heavy atom. The van der Waals surface area contributed by atoms with Crippen LogP contribution in [0.25, 0.3) is 0 Å². The summed E-state index contributed by atoms with van der Waals surface area (Å²) in [5.41, 5.74) is 0. The Hall–Kier alpha value is -1.17. The summed E-state index contributed by atoms with van der Waals surface area (Å²) in [7, 11) is 0. The third-order valence-corrected chi connectivity index (χ3v) is 1.02. The summed E-state index contributed by atoms with van der Waals surface area (Å²) in [6.45, 7) is 7.43. The van der Waals surface area contributed by atoms with E-state index >= 15 is 0 Å². The fraction of sp³-hybridized carbons (Fsp3) is 0.286. The Morgan fingerprint density at radius 3 is 2.50 bits per heavy atom. The topological polar surface area (TPSA) is 58.8 Å². The van der Waals surface area contributed by atoms with E-state index in [1.807, 2.05) is 0 Å². The summed E-state index contributed by atoms with van der Waals surface area (Å²) in [5.74, 6) is 5.31. The summed E-state index contributed by atoms with van der Waals surface area (Å²) >= 11 is 0. The average Bonchev–Trinajstić information content (AvgIpc) is 2.10. The number of carbonyl (C=O) groups excluding carboxylic acids is 1. The van der Waals surface area contributed by atoms with Gasteiger partial charge in [0, 0.05) is 0 Å². The van der Waals surface area contributed by atoms with Crippen LogP contribution in [0.1, 0.15) is 0 Å². The van der Waals surface area contributed by atoms with Crippen LogP contribution in [0.3, 0.4) is 0 Å². The Balaban J connectivity index is 3.82. The molecular formula is C7H13N3O2. The van der Waals surface area contributed by atoms with Crippen molar-refractivity contribution in [3.63, 3.8) is 0 Å². The van der Waals surface area contributed by atoms with Crippen molar-refractivity contribution < 1.29 is 9.63 Å². The van der Waals surface area contributed by atoms with Crippen LogP contribution in [0.4, 0.5) is 0 Å². The Labute approximate surface area is 71.6 Å². The van der Waals surface area contributed by atoms with E-state index in [0.29, 0.717) is 13.0 Å². The van der Waals surface area contributed by atoms with Crippen LogP contribution in [0.5, 0.6) is 0 Å². The molecule has 1 amide bonds. The van der Waals surface area contributed by atoms with E-state index in [1.165, 1.54) is 12.2 Å². The Kier molecular flexibility index (Phi) is 5.90. The number of hydrazine groups is 2. The lowest BCUT2D eigenvalue weighted by Gasteiger charge is -2.24. The van der Waals surface area contributed by atoms with Gasteiger partial charge < -0.3 is 0 Å². The van der Waals surface area contributed by atoms with E-state index in [-0.39, 0.29) is 6.61 Å². The summed E-state index contributed by atoms with van der Waals surface area (Å²) in [6.07, 6.45) is 3.60. The molecule has 0 saturated heterocycles. The van der Waals surface area contributed by atoms with Crippen molar-refractivity contribution in [1.82, 2.24) is 10.3 Å². The molecule has 0 fully saturated rings. The maximum Gasteiger partial charge on any atom is 0.227 e. The molecule has 0 saturated carbocycles. The molecule has 0 heterocycles. The fourth-order valence-electron chi connectivity index (χ4n) is 0.505. The van der Waals surface area contributed by atoms with Crippen LogP contribution in [-0.2, 0) is 9.63 Å². The zero-order valence-electron chi connectivity index (χ0n) is 6.85. The molecule has 0 radical (unpaired) electrons. The SMILES string of the molecule is C=CCON(N)N(C=O)CC=C. The highest BCUT2D eigenvalue weighted by Gasteiger charge is 2.06. The second-order valence-corrected chi connectivity index (χ2v) is 1.90. The highest BCUT2D eigenvalue weighted by Crippen LogP contribution is 1.89. The van der Waals surface area contributed by atoms with Gasteiger partial charge in [0.15, 0.2) is 0 Å². The lowest BCUT2D eigenvalue weighted by atomic mass is 10.6. The minimum atomic E-state index is 0.248. The summed E-state index contributed by atoms with van der Waals surface area (Å²) in [4.78, 5) is 15.2. The minimum Gasteiger partial charge on any atom is -0.277 e. The zero-order valence-corrected chi connectivity index (χ0v) is 6.85. The normalized spacial score (nSPS) is 9.50. The maximum atomic E-state index is 10.4. The lowest BCUT2D eigenvalue weighted by Crippen LogP contribution is -2.46. The van der Waals surface area contributed by atoms with E-state index in [2.05, 4.69) is 13.2 Å². The summed E-state index contributed by atoms with van der Waals surface area (Å²) < 4.78 is 0. The van der Waals surface area contributed by atoms with Crippen LogP contribution in [0.15, 0.2) is 25.3 Å². The number of amides is 1. The highest BCUT2D eigenvalue weighted by molar-refractivity contribution is 5.46. The maximum absolute atomic E-state index is 10.4. The molecule has 0 aliphatic rings. The zero-order chi connectivity index (χ0) is 9.40. The van der Waals surface area contributed by atoms with Crippen molar-refractivity contribution in [3.8, 4) is 0 Å². The third kappa shape index (κ3) is 3.87. The average molecular weight is 171 g/mol. The number of nitrogens with two attached hydrogens (primary N) is 1. The van der Waals surface area contributed by atoms with Gasteiger partial charge in [0.25, 0.3) is 0 Å². The van der Waals surface area contributed by atoms with Crippen LogP contribution in [0, 0.1) is 0 Å². The molecular weight excluding hydrogens is 158 g/mol. The molecule has 0 spiro atoms. The van der Waals surface area contributed by atoms with Crippen molar-refractivity contribution in [2.75, 3.05) is 13.2 Å². The number of nitrogens with zero attached hydrogens (tertiary/aromatic N) is 2. The minimum absolute atomic E-state index is 0.248. The molecule has 0 aliphatic carbocycles. The number of hydrogen-bond acceptors (Lipinski definition) is 4. The molecule has 12 heavy (non-hydrogen) atoms. The smallest absolute Gasteiger partial charge is 0.227 e. The third-order valence-electron chi connectivity index (χ3n) is 1.02. The second kappa shape index (κ2) is 6.53. The van der Waals surface area contributed by atoms with Gasteiger partial charge in [-0.1, -0.05) is 12.2 Å². The van der Waals surface area contributed by atoms with Gasteiger partial charge in [-0.2, -0.15) is 0 Å². The first-order valence-corrected chi connectivity index (χ1v) is 3.37. The van der Waals surface area contributed by atoms with E-state index in [9.17, 15) is 4.79 Å². The molecule has 0 atom stereocenters. The first-order valence-electron chi connectivity index (χ1n) is 3.37. The van der Waals surface area contributed by atoms with E-state index < -0.39 is 0 Å². The summed E-state index contributed by atoms with van der Waals surface area (Å²) in [6, 6.07) is 0. The van der Waals surface area contributed by atoms with Gasteiger partial charge >= 0.3 is 0 Å². The molecule has 0 aromatic carbocycles. The molecule has 0 aliphatic heterocycles. The van der Waals surface area contributed by atoms with Gasteiger partial charge in [0.1, 0.15) is 0 Å². The fourth-order valence-corrected chi connectivity index (χ4v) is 0.505. The van der Waals surface area contributed by atoms with Crippen molar-refractivity contribution in [2.45, 2.75) is 0 Å². The van der Waals surface area contributed by atoms with Gasteiger partial charge in [-0.3, -0.25) is 9.63 Å². The molecule has 0 bridgehead atoms. The molecule has 0 unspecified atom stereocenters. The van der Waals surface area contributed by atoms with Gasteiger partial charge in [0.2, 0.25) is 6.41 Å². The molecule has 2 N–H and O–H groups in total. The van der Waals surface area contributed by atoms with Gasteiger partial charge in [0.05, 0.1) is 13.2 Å². The molecule has 0 rings (SSSR count). The monoisotopic (exact) mass is 171 g/mol. The first kappa shape index (κ1) is 10.8. The van der Waals surface area contributed by atoms with E-state index in [0.717, 1.165) is 10.3 Å². The molecule has 5 nitrogen and oxygen atoms in total. The molecule has 5 heteroatoms. The Morgan fingerprint density at radius 2 is 2.08 bits per heavy atom.